The van der Waals surface area contributed by atoms with E-state index in [9.17, 15) is 4.79 Å². The predicted molar refractivity (Wildman–Crippen MR) is 59.7 cm³/mol. The minimum Gasteiger partial charge on any atom is -0.484 e. The molecule has 0 fully saturated rings. The molecule has 0 saturated carbocycles. The number of nitrogens with one attached hydrogen (secondary N) is 1. The molecular formula is C11H16N2O3. The van der Waals surface area contributed by atoms with E-state index < -0.39 is 0 Å². The van der Waals surface area contributed by atoms with Gasteiger partial charge in [-0.15, -0.1) is 0 Å². The monoisotopic (exact) mass is 224 g/mol. The molecule has 0 bridgehead atoms. The van der Waals surface area contributed by atoms with Crippen LogP contribution in [-0.2, 0) is 9.63 Å². The van der Waals surface area contributed by atoms with Gasteiger partial charge in [0.15, 0.2) is 6.61 Å². The van der Waals surface area contributed by atoms with Gasteiger partial charge in [0.25, 0.3) is 5.91 Å². The molecule has 3 N–H and O–H groups in total. The van der Waals surface area contributed by atoms with Gasteiger partial charge in [-0.2, -0.15) is 0 Å². The number of carbonyl (C=O) groups is 1. The fourth-order valence-corrected chi connectivity index (χ4v) is 1.10. The second-order valence-corrected chi connectivity index (χ2v) is 3.18. The summed E-state index contributed by atoms with van der Waals surface area (Å²) in [5.74, 6) is 5.37. The summed E-state index contributed by atoms with van der Waals surface area (Å²) in [5, 5.41) is 2.69. The third-order valence-corrected chi connectivity index (χ3v) is 1.87. The molecule has 0 saturated heterocycles. The van der Waals surface area contributed by atoms with Crippen LogP contribution in [-0.4, -0.2) is 25.7 Å². The SMILES string of the molecule is NOCCCNC(=O)COc1ccccc1. The summed E-state index contributed by atoms with van der Waals surface area (Å²) >= 11 is 0. The molecule has 0 atom stereocenters. The Morgan fingerprint density at radius 1 is 1.31 bits per heavy atom. The van der Waals surface area contributed by atoms with E-state index in [1.165, 1.54) is 0 Å². The normalized spacial score (nSPS) is 9.81. The summed E-state index contributed by atoms with van der Waals surface area (Å²) < 4.78 is 5.26. The lowest BCUT2D eigenvalue weighted by molar-refractivity contribution is -0.123. The maximum atomic E-state index is 11.3. The van der Waals surface area contributed by atoms with E-state index in [4.69, 9.17) is 10.6 Å². The highest BCUT2D eigenvalue weighted by Crippen LogP contribution is 2.07. The number of para-hydroxylation sites is 1. The molecular weight excluding hydrogens is 208 g/mol. The van der Waals surface area contributed by atoms with Crippen molar-refractivity contribution >= 4 is 5.91 Å². The summed E-state index contributed by atoms with van der Waals surface area (Å²) in [5.41, 5.74) is 0. The summed E-state index contributed by atoms with van der Waals surface area (Å²) in [6, 6.07) is 9.20. The molecule has 0 spiro atoms. The highest BCUT2D eigenvalue weighted by molar-refractivity contribution is 5.77. The minimum absolute atomic E-state index is 0.0213. The number of benzene rings is 1. The van der Waals surface area contributed by atoms with E-state index in [0.717, 1.165) is 0 Å². The van der Waals surface area contributed by atoms with Crippen molar-refractivity contribution in [1.29, 1.82) is 0 Å². The van der Waals surface area contributed by atoms with E-state index in [0.29, 0.717) is 25.3 Å². The van der Waals surface area contributed by atoms with E-state index >= 15 is 0 Å². The first-order valence-electron chi connectivity index (χ1n) is 5.09. The van der Waals surface area contributed by atoms with E-state index in [1.807, 2.05) is 18.2 Å². The van der Waals surface area contributed by atoms with Crippen LogP contribution in [0.1, 0.15) is 6.42 Å². The summed E-state index contributed by atoms with van der Waals surface area (Å²) in [6.45, 7) is 0.988. The summed E-state index contributed by atoms with van der Waals surface area (Å²) in [6.07, 6.45) is 0.688. The summed E-state index contributed by atoms with van der Waals surface area (Å²) in [4.78, 5) is 15.6. The number of amides is 1. The zero-order valence-corrected chi connectivity index (χ0v) is 9.02. The number of hydrogen-bond donors (Lipinski definition) is 2. The standard InChI is InChI=1S/C11H16N2O3/c12-16-8-4-7-13-11(14)9-15-10-5-2-1-3-6-10/h1-3,5-6H,4,7-9,12H2,(H,13,14). The molecule has 0 heterocycles. The van der Waals surface area contributed by atoms with Crippen LogP contribution in [0.15, 0.2) is 30.3 Å². The van der Waals surface area contributed by atoms with Crippen molar-refractivity contribution in [1.82, 2.24) is 5.32 Å². The van der Waals surface area contributed by atoms with Crippen LogP contribution in [0.2, 0.25) is 0 Å². The molecule has 5 nitrogen and oxygen atoms in total. The van der Waals surface area contributed by atoms with Crippen molar-refractivity contribution in [3.63, 3.8) is 0 Å². The molecule has 16 heavy (non-hydrogen) atoms. The first-order valence-corrected chi connectivity index (χ1v) is 5.09. The van der Waals surface area contributed by atoms with Crippen molar-refractivity contribution in [2.24, 2.45) is 5.90 Å². The first kappa shape index (κ1) is 12.5. The lowest BCUT2D eigenvalue weighted by Gasteiger charge is -2.06. The highest BCUT2D eigenvalue weighted by atomic mass is 16.6. The van der Waals surface area contributed by atoms with E-state index in [2.05, 4.69) is 10.2 Å². The Bertz CT molecular complexity index is 303. The van der Waals surface area contributed by atoms with Crippen LogP contribution < -0.4 is 16.0 Å². The molecule has 0 aromatic heterocycles. The van der Waals surface area contributed by atoms with E-state index in [-0.39, 0.29) is 12.5 Å². The number of nitrogens with two attached hydrogens (primary N) is 1. The largest absolute Gasteiger partial charge is 0.484 e. The number of ether oxygens (including phenoxy) is 1. The Morgan fingerprint density at radius 2 is 2.06 bits per heavy atom. The van der Waals surface area contributed by atoms with Crippen molar-refractivity contribution in [3.8, 4) is 5.75 Å². The van der Waals surface area contributed by atoms with Crippen molar-refractivity contribution in [2.45, 2.75) is 6.42 Å². The first-order chi connectivity index (χ1) is 7.83. The van der Waals surface area contributed by atoms with Crippen molar-refractivity contribution in [2.75, 3.05) is 19.8 Å². The smallest absolute Gasteiger partial charge is 0.257 e. The Balaban J connectivity index is 2.11. The Morgan fingerprint density at radius 3 is 2.75 bits per heavy atom. The van der Waals surface area contributed by atoms with Gasteiger partial charge in [-0.05, 0) is 18.6 Å². The average molecular weight is 224 g/mol. The van der Waals surface area contributed by atoms with Crippen LogP contribution in [0.5, 0.6) is 5.75 Å². The molecule has 0 aliphatic rings. The van der Waals surface area contributed by atoms with Crippen LogP contribution in [0.25, 0.3) is 0 Å². The zero-order chi connectivity index (χ0) is 11.6. The maximum Gasteiger partial charge on any atom is 0.257 e. The van der Waals surface area contributed by atoms with Gasteiger partial charge in [-0.1, -0.05) is 18.2 Å². The maximum absolute atomic E-state index is 11.3. The zero-order valence-electron chi connectivity index (χ0n) is 9.02. The molecule has 0 radical (unpaired) electrons. The second-order valence-electron chi connectivity index (χ2n) is 3.18. The minimum atomic E-state index is -0.152. The molecule has 5 heteroatoms. The molecule has 0 aliphatic heterocycles. The molecule has 0 aliphatic carbocycles. The quantitative estimate of drug-likeness (QED) is 0.521. The molecule has 1 aromatic carbocycles. The Hall–Kier alpha value is -1.59. The fraction of sp³-hybridized carbons (Fsp3) is 0.364. The van der Waals surface area contributed by atoms with Crippen LogP contribution >= 0.6 is 0 Å². The highest BCUT2D eigenvalue weighted by Gasteiger charge is 2.01. The van der Waals surface area contributed by atoms with Crippen LogP contribution in [0.3, 0.4) is 0 Å². The molecule has 88 valence electrons. The lowest BCUT2D eigenvalue weighted by atomic mass is 10.3. The predicted octanol–water partition coefficient (Wildman–Crippen LogP) is 0.462. The van der Waals surface area contributed by atoms with Crippen LogP contribution in [0, 0.1) is 0 Å². The lowest BCUT2D eigenvalue weighted by Crippen LogP contribution is -2.30. The van der Waals surface area contributed by atoms with Gasteiger partial charge in [0.05, 0.1) is 6.61 Å². The average Bonchev–Trinajstić information content (AvgIpc) is 2.33. The van der Waals surface area contributed by atoms with Gasteiger partial charge in [0.2, 0.25) is 0 Å². The third kappa shape index (κ3) is 5.33. The molecule has 1 aromatic rings. The van der Waals surface area contributed by atoms with Gasteiger partial charge in [0.1, 0.15) is 5.75 Å². The Labute approximate surface area is 94.5 Å². The second kappa shape index (κ2) is 7.67. The number of rotatable bonds is 7. The topological polar surface area (TPSA) is 73.6 Å². The number of hydrogen-bond acceptors (Lipinski definition) is 4. The number of carbonyl (C=O) groups excluding carboxylic acids is 1. The summed E-state index contributed by atoms with van der Waals surface area (Å²) in [7, 11) is 0. The van der Waals surface area contributed by atoms with Gasteiger partial charge >= 0.3 is 0 Å². The van der Waals surface area contributed by atoms with Crippen LogP contribution in [0.4, 0.5) is 0 Å². The Kier molecular flexibility index (Phi) is 5.98. The fourth-order valence-electron chi connectivity index (χ4n) is 1.10. The van der Waals surface area contributed by atoms with Gasteiger partial charge in [-0.25, -0.2) is 5.90 Å². The molecule has 0 unspecified atom stereocenters. The van der Waals surface area contributed by atoms with Gasteiger partial charge in [-0.3, -0.25) is 4.79 Å². The van der Waals surface area contributed by atoms with E-state index in [1.54, 1.807) is 12.1 Å². The van der Waals surface area contributed by atoms with Crippen molar-refractivity contribution < 1.29 is 14.4 Å². The molecule has 1 amide bonds. The van der Waals surface area contributed by atoms with Gasteiger partial charge in [0, 0.05) is 6.54 Å². The van der Waals surface area contributed by atoms with Crippen molar-refractivity contribution in [3.05, 3.63) is 30.3 Å². The molecule has 1 rings (SSSR count). The third-order valence-electron chi connectivity index (χ3n) is 1.87. The van der Waals surface area contributed by atoms with Gasteiger partial charge < -0.3 is 14.9 Å².